The molecule has 0 aliphatic carbocycles. The molecule has 0 aromatic heterocycles. The molecule has 0 bridgehead atoms. The van der Waals surface area contributed by atoms with Crippen molar-refractivity contribution in [3.05, 3.63) is 87.9 Å². The minimum atomic E-state index is -3.95. The standard InChI is InChI=1S/C31H35Cl2N3O6S/c1-21(2)18-34-31(38)27(16-22-8-5-4-6-9-22)35(19-24-25(32)10-7-11-26(24)33)30(37)20-36(43(3,39)40)23-12-13-28-29(17-23)42-15-14-41-28/h4-13,17,21,27H,14-16,18-20H2,1-3H3,(H,34,38). The number of amides is 2. The number of nitrogens with one attached hydrogen (secondary N) is 1. The molecule has 4 rings (SSSR count). The van der Waals surface area contributed by atoms with E-state index in [-0.39, 0.29) is 30.5 Å². The molecule has 12 heteroatoms. The Balaban J connectivity index is 1.76. The molecule has 3 aromatic rings. The van der Waals surface area contributed by atoms with E-state index in [1.165, 1.54) is 11.0 Å². The summed E-state index contributed by atoms with van der Waals surface area (Å²) in [6.45, 7) is 4.32. The van der Waals surface area contributed by atoms with Gasteiger partial charge in [0.25, 0.3) is 0 Å². The summed E-state index contributed by atoms with van der Waals surface area (Å²) in [5.74, 6) is 0.0322. The fraction of sp³-hybridized carbons (Fsp3) is 0.355. The van der Waals surface area contributed by atoms with E-state index in [0.29, 0.717) is 46.9 Å². The fourth-order valence-corrected chi connectivity index (χ4v) is 5.99. The Labute approximate surface area is 262 Å². The van der Waals surface area contributed by atoms with Crippen LogP contribution in [0.3, 0.4) is 0 Å². The van der Waals surface area contributed by atoms with Crippen LogP contribution in [0.2, 0.25) is 10.0 Å². The second kappa shape index (κ2) is 14.3. The first-order chi connectivity index (χ1) is 20.4. The van der Waals surface area contributed by atoms with E-state index in [2.05, 4.69) is 5.32 Å². The highest BCUT2D eigenvalue weighted by Gasteiger charge is 2.34. The Morgan fingerprint density at radius 3 is 2.21 bits per heavy atom. The monoisotopic (exact) mass is 647 g/mol. The molecular formula is C31H35Cl2N3O6S. The van der Waals surface area contributed by atoms with Crippen LogP contribution in [0.25, 0.3) is 0 Å². The van der Waals surface area contributed by atoms with Crippen molar-refractivity contribution in [2.45, 2.75) is 32.9 Å². The number of anilines is 1. The van der Waals surface area contributed by atoms with E-state index in [0.717, 1.165) is 16.1 Å². The van der Waals surface area contributed by atoms with Gasteiger partial charge in [-0.1, -0.05) is 73.4 Å². The summed E-state index contributed by atoms with van der Waals surface area (Å²) in [4.78, 5) is 29.4. The van der Waals surface area contributed by atoms with Crippen LogP contribution in [-0.2, 0) is 32.6 Å². The van der Waals surface area contributed by atoms with Gasteiger partial charge >= 0.3 is 0 Å². The summed E-state index contributed by atoms with van der Waals surface area (Å²) in [7, 11) is -3.95. The van der Waals surface area contributed by atoms with E-state index in [1.54, 1.807) is 30.3 Å². The molecule has 230 valence electrons. The Morgan fingerprint density at radius 2 is 1.58 bits per heavy atom. The Bertz CT molecular complexity index is 1530. The van der Waals surface area contributed by atoms with Crippen molar-refractivity contribution in [1.29, 1.82) is 0 Å². The SMILES string of the molecule is CC(C)CNC(=O)C(Cc1ccccc1)N(Cc1c(Cl)cccc1Cl)C(=O)CN(c1ccc2c(c1)OCCO2)S(C)(=O)=O. The third-order valence-electron chi connectivity index (χ3n) is 6.84. The van der Waals surface area contributed by atoms with Crippen molar-refractivity contribution in [2.75, 3.05) is 36.9 Å². The van der Waals surface area contributed by atoms with Gasteiger partial charge in [0.05, 0.1) is 11.9 Å². The smallest absolute Gasteiger partial charge is 0.244 e. The van der Waals surface area contributed by atoms with E-state index < -0.39 is 28.5 Å². The van der Waals surface area contributed by atoms with Gasteiger partial charge in [-0.05, 0) is 35.7 Å². The molecule has 2 amide bonds. The lowest BCUT2D eigenvalue weighted by Gasteiger charge is -2.34. The van der Waals surface area contributed by atoms with Crippen LogP contribution in [-0.4, -0.2) is 63.7 Å². The van der Waals surface area contributed by atoms with E-state index >= 15 is 0 Å². The highest BCUT2D eigenvalue weighted by Crippen LogP contribution is 2.35. The summed E-state index contributed by atoms with van der Waals surface area (Å²) in [6, 6.07) is 18.0. The van der Waals surface area contributed by atoms with Gasteiger partial charge in [0.15, 0.2) is 11.5 Å². The number of ether oxygens (including phenoxy) is 2. The molecular weight excluding hydrogens is 613 g/mol. The molecule has 1 aliphatic rings. The summed E-state index contributed by atoms with van der Waals surface area (Å²) in [5.41, 5.74) is 1.49. The number of nitrogens with zero attached hydrogens (tertiary/aromatic N) is 2. The molecule has 1 N–H and O–H groups in total. The van der Waals surface area contributed by atoms with E-state index in [9.17, 15) is 18.0 Å². The molecule has 43 heavy (non-hydrogen) atoms. The van der Waals surface area contributed by atoms with Gasteiger partial charge in [-0.2, -0.15) is 0 Å². The molecule has 9 nitrogen and oxygen atoms in total. The summed E-state index contributed by atoms with van der Waals surface area (Å²) >= 11 is 13.0. The molecule has 1 unspecified atom stereocenters. The van der Waals surface area contributed by atoms with Gasteiger partial charge in [0.2, 0.25) is 21.8 Å². The summed E-state index contributed by atoms with van der Waals surface area (Å²) in [6.07, 6.45) is 1.20. The number of sulfonamides is 1. The van der Waals surface area contributed by atoms with Gasteiger partial charge < -0.3 is 19.7 Å². The third kappa shape index (κ3) is 8.55. The molecule has 0 saturated carbocycles. The van der Waals surface area contributed by atoms with Crippen molar-refractivity contribution in [1.82, 2.24) is 10.2 Å². The van der Waals surface area contributed by atoms with Crippen LogP contribution in [0.1, 0.15) is 25.0 Å². The van der Waals surface area contributed by atoms with Crippen molar-refractivity contribution >= 4 is 50.7 Å². The molecule has 1 heterocycles. The average molecular weight is 649 g/mol. The number of carbonyl (C=O) groups is 2. The topological polar surface area (TPSA) is 105 Å². The van der Waals surface area contributed by atoms with Crippen LogP contribution >= 0.6 is 23.2 Å². The number of benzene rings is 3. The van der Waals surface area contributed by atoms with Gasteiger partial charge in [0.1, 0.15) is 25.8 Å². The van der Waals surface area contributed by atoms with Crippen LogP contribution in [0.5, 0.6) is 11.5 Å². The molecule has 0 fully saturated rings. The maximum Gasteiger partial charge on any atom is 0.244 e. The zero-order chi connectivity index (χ0) is 31.1. The van der Waals surface area contributed by atoms with Crippen molar-refractivity contribution in [3.63, 3.8) is 0 Å². The van der Waals surface area contributed by atoms with E-state index in [4.69, 9.17) is 32.7 Å². The number of hydrogen-bond donors (Lipinski definition) is 1. The molecule has 1 atom stereocenters. The van der Waals surface area contributed by atoms with Crippen LogP contribution in [0.15, 0.2) is 66.7 Å². The number of rotatable bonds is 12. The maximum absolute atomic E-state index is 14.3. The fourth-order valence-electron chi connectivity index (χ4n) is 4.63. The summed E-state index contributed by atoms with van der Waals surface area (Å²) in [5, 5.41) is 3.58. The zero-order valence-corrected chi connectivity index (χ0v) is 26.6. The van der Waals surface area contributed by atoms with Crippen LogP contribution < -0.4 is 19.1 Å². The number of hydrogen-bond acceptors (Lipinski definition) is 6. The minimum absolute atomic E-state index is 0.122. The van der Waals surface area contributed by atoms with Crippen molar-refractivity contribution < 1.29 is 27.5 Å². The molecule has 0 saturated heterocycles. The van der Waals surface area contributed by atoms with Crippen LogP contribution in [0, 0.1) is 5.92 Å². The Kier molecular flexibility index (Phi) is 10.8. The van der Waals surface area contributed by atoms with Crippen molar-refractivity contribution in [3.8, 4) is 11.5 Å². The predicted octanol–water partition coefficient (Wildman–Crippen LogP) is 4.94. The maximum atomic E-state index is 14.3. The summed E-state index contributed by atoms with van der Waals surface area (Å²) < 4.78 is 38.3. The lowest BCUT2D eigenvalue weighted by molar-refractivity contribution is -0.140. The first-order valence-corrected chi connectivity index (χ1v) is 16.5. The molecule has 0 radical (unpaired) electrons. The molecule has 3 aromatic carbocycles. The molecule has 0 spiro atoms. The average Bonchev–Trinajstić information content (AvgIpc) is 2.97. The van der Waals surface area contributed by atoms with Gasteiger partial charge in [-0.15, -0.1) is 0 Å². The predicted molar refractivity (Wildman–Crippen MR) is 168 cm³/mol. The molecule has 1 aliphatic heterocycles. The first kappa shape index (κ1) is 32.4. The normalized spacial score (nSPS) is 13.3. The van der Waals surface area contributed by atoms with E-state index in [1.807, 2.05) is 44.2 Å². The second-order valence-corrected chi connectivity index (χ2v) is 13.4. The highest BCUT2D eigenvalue weighted by molar-refractivity contribution is 7.92. The second-order valence-electron chi connectivity index (χ2n) is 10.7. The Morgan fingerprint density at radius 1 is 0.930 bits per heavy atom. The van der Waals surface area contributed by atoms with Crippen LogP contribution in [0.4, 0.5) is 5.69 Å². The highest BCUT2D eigenvalue weighted by atomic mass is 35.5. The van der Waals surface area contributed by atoms with Gasteiger partial charge in [0, 0.05) is 41.2 Å². The van der Waals surface area contributed by atoms with Gasteiger partial charge in [-0.3, -0.25) is 13.9 Å². The van der Waals surface area contributed by atoms with Gasteiger partial charge in [-0.25, -0.2) is 8.42 Å². The first-order valence-electron chi connectivity index (χ1n) is 13.9. The number of carbonyl (C=O) groups excluding carboxylic acids is 2. The zero-order valence-electron chi connectivity index (χ0n) is 24.3. The Hall–Kier alpha value is -3.47. The number of fused-ring (bicyclic) bond motifs is 1. The largest absolute Gasteiger partial charge is 0.486 e. The minimum Gasteiger partial charge on any atom is -0.486 e. The van der Waals surface area contributed by atoms with Crippen molar-refractivity contribution in [2.24, 2.45) is 5.92 Å². The lowest BCUT2D eigenvalue weighted by atomic mass is 10.0. The quantitative estimate of drug-likeness (QED) is 0.298. The lowest BCUT2D eigenvalue weighted by Crippen LogP contribution is -2.53. The number of halogens is 2. The third-order valence-corrected chi connectivity index (χ3v) is 8.69.